The van der Waals surface area contributed by atoms with E-state index in [1.807, 2.05) is 6.07 Å². The number of esters is 1. The van der Waals surface area contributed by atoms with Gasteiger partial charge in [0.05, 0.1) is 38.7 Å². The Morgan fingerprint density at radius 1 is 1.12 bits per heavy atom. The second-order valence-corrected chi connectivity index (χ2v) is 7.17. The highest BCUT2D eigenvalue weighted by molar-refractivity contribution is 5.92. The molecule has 0 fully saturated rings. The van der Waals surface area contributed by atoms with Crippen LogP contribution >= 0.6 is 0 Å². The number of ether oxygens (including phenoxy) is 3. The summed E-state index contributed by atoms with van der Waals surface area (Å²) in [4.78, 5) is 37.1. The van der Waals surface area contributed by atoms with Crippen molar-refractivity contribution in [3.8, 4) is 11.5 Å². The van der Waals surface area contributed by atoms with Gasteiger partial charge in [-0.3, -0.25) is 19.7 Å². The molecule has 32 heavy (non-hydrogen) atoms. The molecule has 9 nitrogen and oxygen atoms in total. The number of non-ortho nitro benzene ring substituents is 1. The van der Waals surface area contributed by atoms with Gasteiger partial charge < -0.3 is 19.1 Å². The molecule has 0 bridgehead atoms. The van der Waals surface area contributed by atoms with Gasteiger partial charge in [-0.25, -0.2) is 0 Å². The zero-order valence-electron chi connectivity index (χ0n) is 18.1. The number of amides is 1. The van der Waals surface area contributed by atoms with Crippen LogP contribution in [0.4, 0.5) is 5.69 Å². The monoisotopic (exact) mass is 440 g/mol. The van der Waals surface area contributed by atoms with Gasteiger partial charge >= 0.3 is 5.97 Å². The zero-order chi connectivity index (χ0) is 23.3. The minimum Gasteiger partial charge on any atom is -0.493 e. The van der Waals surface area contributed by atoms with E-state index in [1.54, 1.807) is 36.3 Å². The number of carbonyl (C=O) groups excluding carboxylic acids is 2. The average molecular weight is 440 g/mol. The molecule has 0 aliphatic carbocycles. The SMILES string of the molecule is COC(=O)CC1c2cc(OC)c(OC)cc2CCN1C(=O)/C=C/c1ccc([N+](=O)[O-])cc1. The topological polar surface area (TPSA) is 108 Å². The van der Waals surface area contributed by atoms with Gasteiger partial charge in [-0.05, 0) is 53.5 Å². The first-order valence-corrected chi connectivity index (χ1v) is 9.92. The Balaban J connectivity index is 1.89. The Labute approximate surface area is 185 Å². The summed E-state index contributed by atoms with van der Waals surface area (Å²) in [5, 5.41) is 10.8. The van der Waals surface area contributed by atoms with Crippen molar-refractivity contribution in [2.75, 3.05) is 27.9 Å². The summed E-state index contributed by atoms with van der Waals surface area (Å²) < 4.78 is 15.6. The number of methoxy groups -OCH3 is 3. The van der Waals surface area contributed by atoms with Crippen molar-refractivity contribution in [1.29, 1.82) is 0 Å². The summed E-state index contributed by atoms with van der Waals surface area (Å²) in [5.41, 5.74) is 2.40. The van der Waals surface area contributed by atoms with Crippen LogP contribution in [-0.4, -0.2) is 49.6 Å². The summed E-state index contributed by atoms with van der Waals surface area (Å²) in [5.74, 6) is 0.380. The lowest BCUT2D eigenvalue weighted by Gasteiger charge is -2.36. The van der Waals surface area contributed by atoms with E-state index in [0.29, 0.717) is 30.0 Å². The number of rotatable bonds is 7. The predicted octanol–water partition coefficient (Wildman–Crippen LogP) is 3.31. The van der Waals surface area contributed by atoms with Crippen LogP contribution in [0.15, 0.2) is 42.5 Å². The van der Waals surface area contributed by atoms with Gasteiger partial charge in [0.25, 0.3) is 5.69 Å². The molecule has 0 spiro atoms. The predicted molar refractivity (Wildman–Crippen MR) is 116 cm³/mol. The lowest BCUT2D eigenvalue weighted by molar-refractivity contribution is -0.384. The molecule has 0 aromatic heterocycles. The summed E-state index contributed by atoms with van der Waals surface area (Å²) >= 11 is 0. The summed E-state index contributed by atoms with van der Waals surface area (Å²) in [6, 6.07) is 9.02. The van der Waals surface area contributed by atoms with E-state index in [1.165, 1.54) is 32.4 Å². The van der Waals surface area contributed by atoms with Gasteiger partial charge in [0.2, 0.25) is 5.91 Å². The lowest BCUT2D eigenvalue weighted by Crippen LogP contribution is -2.40. The maximum atomic E-state index is 13.0. The highest BCUT2D eigenvalue weighted by atomic mass is 16.6. The van der Waals surface area contributed by atoms with Gasteiger partial charge in [-0.2, -0.15) is 0 Å². The third kappa shape index (κ3) is 4.88. The zero-order valence-corrected chi connectivity index (χ0v) is 18.1. The smallest absolute Gasteiger partial charge is 0.307 e. The standard InChI is InChI=1S/C23H24N2O7/c1-30-20-12-16-10-11-24(19(14-23(27)32-3)18(16)13-21(20)31-2)22(26)9-6-15-4-7-17(8-5-15)25(28)29/h4-9,12-13,19H,10-11,14H2,1-3H3/b9-6+. The third-order valence-electron chi connectivity index (χ3n) is 5.40. The number of fused-ring (bicyclic) bond motifs is 1. The quantitative estimate of drug-likeness (QED) is 0.281. The summed E-state index contributed by atoms with van der Waals surface area (Å²) in [6.45, 7) is 0.410. The van der Waals surface area contributed by atoms with Crippen LogP contribution in [0.3, 0.4) is 0 Å². The molecule has 2 aromatic carbocycles. The van der Waals surface area contributed by atoms with Crippen molar-refractivity contribution in [2.24, 2.45) is 0 Å². The molecule has 1 heterocycles. The van der Waals surface area contributed by atoms with E-state index < -0.39 is 16.9 Å². The first-order chi connectivity index (χ1) is 15.4. The molecule has 1 unspecified atom stereocenters. The van der Waals surface area contributed by atoms with Crippen molar-refractivity contribution in [3.63, 3.8) is 0 Å². The molecule has 1 aliphatic heterocycles. The number of carbonyl (C=O) groups is 2. The number of benzene rings is 2. The molecule has 2 aromatic rings. The van der Waals surface area contributed by atoms with E-state index in [2.05, 4.69) is 0 Å². The van der Waals surface area contributed by atoms with Crippen molar-refractivity contribution in [2.45, 2.75) is 18.9 Å². The highest BCUT2D eigenvalue weighted by Gasteiger charge is 2.33. The second-order valence-electron chi connectivity index (χ2n) is 7.17. The maximum absolute atomic E-state index is 13.0. The van der Waals surface area contributed by atoms with E-state index in [-0.39, 0.29) is 18.0 Å². The number of hydrogen-bond donors (Lipinski definition) is 0. The first kappa shape index (κ1) is 22.8. The molecule has 0 radical (unpaired) electrons. The average Bonchev–Trinajstić information content (AvgIpc) is 2.81. The molecule has 0 saturated carbocycles. The normalized spacial score (nSPS) is 15.2. The van der Waals surface area contributed by atoms with Crippen LogP contribution in [0.2, 0.25) is 0 Å². The van der Waals surface area contributed by atoms with Gasteiger partial charge in [-0.1, -0.05) is 0 Å². The van der Waals surface area contributed by atoms with Gasteiger partial charge in [0, 0.05) is 24.8 Å². The van der Waals surface area contributed by atoms with E-state index in [9.17, 15) is 19.7 Å². The Bertz CT molecular complexity index is 1050. The molecule has 1 amide bonds. The molecule has 0 saturated heterocycles. The molecule has 1 aliphatic rings. The van der Waals surface area contributed by atoms with Crippen LogP contribution in [0.1, 0.15) is 29.2 Å². The van der Waals surface area contributed by atoms with Crippen molar-refractivity contribution in [1.82, 2.24) is 4.90 Å². The number of nitro benzene ring substituents is 1. The van der Waals surface area contributed by atoms with Crippen LogP contribution in [0, 0.1) is 10.1 Å². The number of nitrogens with zero attached hydrogens (tertiary/aromatic N) is 2. The maximum Gasteiger partial charge on any atom is 0.307 e. The minimum absolute atomic E-state index is 0.00387. The molecule has 1 atom stereocenters. The summed E-state index contributed by atoms with van der Waals surface area (Å²) in [7, 11) is 4.39. The van der Waals surface area contributed by atoms with Crippen LogP contribution < -0.4 is 9.47 Å². The Kier molecular flexibility index (Phi) is 7.09. The lowest BCUT2D eigenvalue weighted by atomic mass is 9.90. The van der Waals surface area contributed by atoms with Gasteiger partial charge in [-0.15, -0.1) is 0 Å². The van der Waals surface area contributed by atoms with Crippen LogP contribution in [0.25, 0.3) is 6.08 Å². The Morgan fingerprint density at radius 2 is 1.78 bits per heavy atom. The van der Waals surface area contributed by atoms with Crippen LogP contribution in [-0.2, 0) is 20.7 Å². The number of nitro groups is 1. The Morgan fingerprint density at radius 3 is 2.38 bits per heavy atom. The summed E-state index contributed by atoms with van der Waals surface area (Å²) in [6.07, 6.45) is 3.57. The third-order valence-corrected chi connectivity index (χ3v) is 5.40. The van der Waals surface area contributed by atoms with Crippen molar-refractivity contribution < 1.29 is 28.7 Å². The van der Waals surface area contributed by atoms with Gasteiger partial charge in [0.1, 0.15) is 0 Å². The molecular weight excluding hydrogens is 416 g/mol. The van der Waals surface area contributed by atoms with Crippen molar-refractivity contribution >= 4 is 23.6 Å². The van der Waals surface area contributed by atoms with E-state index in [0.717, 1.165) is 11.1 Å². The van der Waals surface area contributed by atoms with E-state index >= 15 is 0 Å². The molecule has 0 N–H and O–H groups in total. The van der Waals surface area contributed by atoms with Crippen LogP contribution in [0.5, 0.6) is 11.5 Å². The highest BCUT2D eigenvalue weighted by Crippen LogP contribution is 2.39. The fraction of sp³-hybridized carbons (Fsp3) is 0.304. The first-order valence-electron chi connectivity index (χ1n) is 9.92. The molecule has 9 heteroatoms. The minimum atomic E-state index is -0.528. The van der Waals surface area contributed by atoms with E-state index in [4.69, 9.17) is 14.2 Å². The second kappa shape index (κ2) is 9.95. The molecule has 168 valence electrons. The Hall–Kier alpha value is -3.88. The fourth-order valence-corrected chi connectivity index (χ4v) is 3.72. The molecule has 3 rings (SSSR count). The molecular formula is C23H24N2O7. The van der Waals surface area contributed by atoms with Crippen molar-refractivity contribution in [3.05, 3.63) is 69.3 Å². The largest absolute Gasteiger partial charge is 0.493 e. The number of hydrogen-bond acceptors (Lipinski definition) is 7. The fourth-order valence-electron chi connectivity index (χ4n) is 3.72. The van der Waals surface area contributed by atoms with Gasteiger partial charge in [0.15, 0.2) is 11.5 Å².